The number of Topliss-reactive ketones (excluding diaryl/α,β-unsaturated/α-hetero) is 1. The van der Waals surface area contributed by atoms with Gasteiger partial charge in [0.2, 0.25) is 11.7 Å². The molecule has 0 heterocycles. The number of carbonyl (C=O) groups is 5. The Balaban J connectivity index is 1.18. The Morgan fingerprint density at radius 2 is 1.77 bits per heavy atom. The molecule has 10 heteroatoms. The van der Waals surface area contributed by atoms with E-state index in [0.29, 0.717) is 24.8 Å². The summed E-state index contributed by atoms with van der Waals surface area (Å²) < 4.78 is 10.0. The summed E-state index contributed by atoms with van der Waals surface area (Å²) in [6, 6.07) is 7.54. The molecule has 5 rings (SSSR count). The lowest BCUT2D eigenvalue weighted by atomic mass is 9.45. The molecule has 0 bridgehead atoms. The lowest BCUT2D eigenvalue weighted by Gasteiger charge is -2.60. The summed E-state index contributed by atoms with van der Waals surface area (Å²) in [5.74, 6) is -2.39. The van der Waals surface area contributed by atoms with E-state index in [-0.39, 0.29) is 54.6 Å². The number of esters is 2. The van der Waals surface area contributed by atoms with Gasteiger partial charge in [-0.05, 0) is 73.3 Å². The van der Waals surface area contributed by atoms with Crippen LogP contribution in [0.2, 0.25) is 0 Å². The van der Waals surface area contributed by atoms with Gasteiger partial charge in [0.25, 0.3) is 0 Å². The molecule has 3 N–H and O–H groups in total. The molecule has 10 nitrogen and oxygen atoms in total. The largest absolute Gasteiger partial charge is 0.467 e. The molecule has 4 aliphatic carbocycles. The highest BCUT2D eigenvalue weighted by molar-refractivity contribution is 5.92. The van der Waals surface area contributed by atoms with Crippen LogP contribution in [0, 0.1) is 28.6 Å². The van der Waals surface area contributed by atoms with Crippen molar-refractivity contribution in [2.45, 2.75) is 89.4 Å². The highest BCUT2D eigenvalue weighted by Crippen LogP contribution is 2.67. The van der Waals surface area contributed by atoms with Crippen molar-refractivity contribution in [3.05, 3.63) is 47.5 Å². The molecular formula is C34H43NO9. The minimum Gasteiger partial charge on any atom is -0.467 e. The topological polar surface area (TPSA) is 156 Å². The van der Waals surface area contributed by atoms with E-state index < -0.39 is 53.4 Å². The minimum atomic E-state index is -1.76. The van der Waals surface area contributed by atoms with Crippen LogP contribution >= 0.6 is 0 Å². The lowest BCUT2D eigenvalue weighted by molar-refractivity contribution is -0.184. The first kappa shape index (κ1) is 32.0. The lowest BCUT2D eigenvalue weighted by Crippen LogP contribution is -2.62. The second kappa shape index (κ2) is 12.2. The number of carbonyl (C=O) groups excluding carboxylic acids is 5. The van der Waals surface area contributed by atoms with E-state index >= 15 is 0 Å². The second-order valence-corrected chi connectivity index (χ2v) is 13.5. The first-order valence-electron chi connectivity index (χ1n) is 15.6. The van der Waals surface area contributed by atoms with E-state index in [9.17, 15) is 34.2 Å². The number of allylic oxidation sites excluding steroid dienone is 1. The van der Waals surface area contributed by atoms with Crippen LogP contribution in [0.1, 0.15) is 83.2 Å². The normalized spacial score (nSPS) is 34.8. The van der Waals surface area contributed by atoms with Crippen LogP contribution in [0.15, 0.2) is 42.0 Å². The van der Waals surface area contributed by atoms with Gasteiger partial charge in [-0.2, -0.15) is 0 Å². The minimum absolute atomic E-state index is 0.00706. The first-order valence-corrected chi connectivity index (χ1v) is 15.6. The Kier molecular flexibility index (Phi) is 8.88. The maximum absolute atomic E-state index is 13.5. The van der Waals surface area contributed by atoms with E-state index in [4.69, 9.17) is 9.47 Å². The van der Waals surface area contributed by atoms with Gasteiger partial charge in [0, 0.05) is 18.3 Å². The third-order valence-corrected chi connectivity index (χ3v) is 11.3. The number of hydrogen-bond donors (Lipinski definition) is 3. The van der Waals surface area contributed by atoms with Crippen LogP contribution in [-0.2, 0) is 33.4 Å². The summed E-state index contributed by atoms with van der Waals surface area (Å²) in [5, 5.41) is 26.0. The van der Waals surface area contributed by atoms with E-state index in [1.54, 1.807) is 36.4 Å². The third kappa shape index (κ3) is 5.51. The number of ether oxygens (including phenoxy) is 2. The summed E-state index contributed by atoms with van der Waals surface area (Å²) in [7, 11) is 1.22. The molecule has 0 spiro atoms. The molecule has 3 saturated carbocycles. The average Bonchev–Trinajstić information content (AvgIpc) is 3.28. The number of aliphatic hydroxyl groups excluding tert-OH is 1. The Labute approximate surface area is 257 Å². The molecule has 0 saturated heterocycles. The molecule has 3 fully saturated rings. The summed E-state index contributed by atoms with van der Waals surface area (Å²) in [4.78, 5) is 62.9. The molecule has 44 heavy (non-hydrogen) atoms. The zero-order chi connectivity index (χ0) is 31.9. The molecule has 1 aromatic carbocycles. The summed E-state index contributed by atoms with van der Waals surface area (Å²) in [5.41, 5.74) is -1.28. The van der Waals surface area contributed by atoms with Crippen LogP contribution in [0.3, 0.4) is 0 Å². The Bertz CT molecular complexity index is 1360. The Hall–Kier alpha value is -3.37. The van der Waals surface area contributed by atoms with Crippen molar-refractivity contribution in [3.8, 4) is 0 Å². The quantitative estimate of drug-likeness (QED) is 0.358. The van der Waals surface area contributed by atoms with Crippen molar-refractivity contribution >= 4 is 29.4 Å². The highest BCUT2D eigenvalue weighted by atomic mass is 16.5. The third-order valence-electron chi connectivity index (χ3n) is 11.3. The fourth-order valence-corrected chi connectivity index (χ4v) is 8.98. The number of nitrogens with one attached hydrogen (secondary N) is 1. The van der Waals surface area contributed by atoms with Gasteiger partial charge < -0.3 is 25.0 Å². The smallest absolute Gasteiger partial charge is 0.333 e. The van der Waals surface area contributed by atoms with Crippen molar-refractivity contribution in [1.82, 2.24) is 5.32 Å². The summed E-state index contributed by atoms with van der Waals surface area (Å²) in [6.07, 6.45) is 4.25. The number of methoxy groups -OCH3 is 1. The van der Waals surface area contributed by atoms with Gasteiger partial charge in [0.05, 0.1) is 19.6 Å². The van der Waals surface area contributed by atoms with Gasteiger partial charge in [-0.3, -0.25) is 19.2 Å². The van der Waals surface area contributed by atoms with Gasteiger partial charge in [-0.15, -0.1) is 0 Å². The van der Waals surface area contributed by atoms with Crippen molar-refractivity contribution in [2.24, 2.45) is 28.6 Å². The number of rotatable bonds is 9. The molecule has 0 aromatic heterocycles. The molecule has 1 amide bonds. The van der Waals surface area contributed by atoms with E-state index in [1.807, 2.05) is 6.92 Å². The number of benzene rings is 1. The molecule has 0 unspecified atom stereocenters. The second-order valence-electron chi connectivity index (χ2n) is 13.5. The van der Waals surface area contributed by atoms with Crippen LogP contribution < -0.4 is 5.32 Å². The first-order chi connectivity index (χ1) is 20.8. The van der Waals surface area contributed by atoms with Crippen LogP contribution in [0.4, 0.5) is 0 Å². The van der Waals surface area contributed by atoms with Crippen molar-refractivity contribution < 1.29 is 43.7 Å². The van der Waals surface area contributed by atoms with Crippen LogP contribution in [0.5, 0.6) is 0 Å². The molecule has 0 radical (unpaired) electrons. The molecule has 1 aromatic rings. The van der Waals surface area contributed by atoms with Crippen molar-refractivity contribution in [2.75, 3.05) is 13.7 Å². The van der Waals surface area contributed by atoms with Gasteiger partial charge in [0.15, 0.2) is 18.4 Å². The van der Waals surface area contributed by atoms with E-state index in [1.165, 1.54) is 7.11 Å². The Morgan fingerprint density at radius 1 is 1.05 bits per heavy atom. The van der Waals surface area contributed by atoms with Crippen LogP contribution in [0.25, 0.3) is 0 Å². The maximum atomic E-state index is 13.5. The SMILES string of the molecule is COC(=O)[C@@H](NC(=O)CCC(=O)OCC(=O)[C@@]1(O)CC[C@H]2[C@@H]3CCC4=CC(=O)CC[C@]4(C)[C@H]3[C@@H](O)C[C@@]21C)c1ccccc1. The molecule has 4 aliphatic rings. The number of fused-ring (bicyclic) bond motifs is 5. The fraction of sp³-hybridized carbons (Fsp3) is 0.618. The van der Waals surface area contributed by atoms with Gasteiger partial charge in [-0.25, -0.2) is 4.79 Å². The van der Waals surface area contributed by atoms with Gasteiger partial charge in [-0.1, -0.05) is 49.8 Å². The van der Waals surface area contributed by atoms with Crippen LogP contribution in [-0.4, -0.2) is 65.0 Å². The number of ketones is 2. The molecule has 0 aliphatic heterocycles. The monoisotopic (exact) mass is 609 g/mol. The van der Waals surface area contributed by atoms with Gasteiger partial charge in [0.1, 0.15) is 5.60 Å². The van der Waals surface area contributed by atoms with Gasteiger partial charge >= 0.3 is 11.9 Å². The highest BCUT2D eigenvalue weighted by Gasteiger charge is 2.68. The van der Waals surface area contributed by atoms with Crippen molar-refractivity contribution in [1.29, 1.82) is 0 Å². The predicted molar refractivity (Wildman–Crippen MR) is 158 cm³/mol. The number of amides is 1. The summed E-state index contributed by atoms with van der Waals surface area (Å²) in [6.45, 7) is 3.39. The number of hydrogen-bond acceptors (Lipinski definition) is 9. The molecular weight excluding hydrogens is 566 g/mol. The fourth-order valence-electron chi connectivity index (χ4n) is 8.98. The Morgan fingerprint density at radius 3 is 2.48 bits per heavy atom. The zero-order valence-electron chi connectivity index (χ0n) is 25.7. The molecule has 238 valence electrons. The maximum Gasteiger partial charge on any atom is 0.333 e. The van der Waals surface area contributed by atoms with E-state index in [2.05, 4.69) is 12.2 Å². The van der Waals surface area contributed by atoms with E-state index in [0.717, 1.165) is 18.4 Å². The average molecular weight is 610 g/mol. The standard InChI is InChI=1S/C34H43NO9/c1-32-15-13-22(36)17-21(32)9-10-23-24-14-16-34(42,33(24,2)18-25(37)29(23)32)26(38)19-44-28(40)12-11-27(39)35-30(31(41)43-3)20-7-5-4-6-8-20/h4-8,17,23-25,29-30,37,42H,9-16,18-19H2,1-3H3,(H,35,39)/t23-,24-,25-,29+,30-,32-,33-,34-/m0/s1. The number of aliphatic hydroxyl groups is 2. The van der Waals surface area contributed by atoms with Crippen molar-refractivity contribution in [3.63, 3.8) is 0 Å². The zero-order valence-corrected chi connectivity index (χ0v) is 25.7. The summed E-state index contributed by atoms with van der Waals surface area (Å²) >= 11 is 0. The predicted octanol–water partition coefficient (Wildman–Crippen LogP) is 3.14. The molecule has 8 atom stereocenters.